The Hall–Kier alpha value is -2.61. The number of aliphatic carboxylic acids is 1. The molecule has 1 aromatic heterocycles. The molecule has 2 aromatic rings. The van der Waals surface area contributed by atoms with E-state index in [1.54, 1.807) is 18.2 Å². The van der Waals surface area contributed by atoms with E-state index in [1.165, 1.54) is 31.4 Å². The third-order valence-electron chi connectivity index (χ3n) is 3.26. The van der Waals surface area contributed by atoms with Crippen LogP contribution in [0.5, 0.6) is 0 Å². The quantitative estimate of drug-likeness (QED) is 0.787. The Kier molecular flexibility index (Phi) is 5.40. The molecule has 0 aliphatic heterocycles. The number of sulfone groups is 1. The summed E-state index contributed by atoms with van der Waals surface area (Å²) >= 11 is 0. The van der Waals surface area contributed by atoms with Crippen LogP contribution in [-0.4, -0.2) is 31.4 Å². The van der Waals surface area contributed by atoms with Gasteiger partial charge in [-0.05, 0) is 25.1 Å². The van der Waals surface area contributed by atoms with E-state index < -0.39 is 27.8 Å². The molecule has 1 amide bonds. The number of amides is 1. The minimum Gasteiger partial charge on any atom is -0.481 e. The predicted octanol–water partition coefficient (Wildman–Crippen LogP) is 1.85. The lowest BCUT2D eigenvalue weighted by Gasteiger charge is -2.11. The standard InChI is InChI=1S/C16H17NO6S/c1-11(9-14(18)19)17-16(20)15-12(7-8-23-15)10-24(21,22)13-5-3-2-4-6-13/h2-8,11H,9-10H2,1H3,(H,17,20)(H,18,19). The first-order valence-corrected chi connectivity index (χ1v) is 8.81. The van der Waals surface area contributed by atoms with Crippen molar-refractivity contribution in [1.82, 2.24) is 5.32 Å². The van der Waals surface area contributed by atoms with Crippen LogP contribution < -0.4 is 5.32 Å². The van der Waals surface area contributed by atoms with Crippen molar-refractivity contribution in [3.8, 4) is 0 Å². The topological polar surface area (TPSA) is 114 Å². The van der Waals surface area contributed by atoms with Crippen molar-refractivity contribution >= 4 is 21.7 Å². The highest BCUT2D eigenvalue weighted by Gasteiger charge is 2.23. The number of carbonyl (C=O) groups is 2. The summed E-state index contributed by atoms with van der Waals surface area (Å²) in [5, 5.41) is 11.2. The van der Waals surface area contributed by atoms with Crippen molar-refractivity contribution < 1.29 is 27.5 Å². The van der Waals surface area contributed by atoms with Crippen LogP contribution in [0, 0.1) is 0 Å². The van der Waals surface area contributed by atoms with E-state index in [2.05, 4.69) is 5.32 Å². The maximum Gasteiger partial charge on any atom is 0.305 e. The van der Waals surface area contributed by atoms with Crippen LogP contribution in [0.15, 0.2) is 52.0 Å². The first kappa shape index (κ1) is 17.7. The number of nitrogens with one attached hydrogen (secondary N) is 1. The lowest BCUT2D eigenvalue weighted by molar-refractivity contribution is -0.137. The fourth-order valence-electron chi connectivity index (χ4n) is 2.17. The highest BCUT2D eigenvalue weighted by molar-refractivity contribution is 7.90. The van der Waals surface area contributed by atoms with Gasteiger partial charge in [0.1, 0.15) is 0 Å². The molecule has 0 aliphatic rings. The summed E-state index contributed by atoms with van der Waals surface area (Å²) in [4.78, 5) is 22.9. The Bertz CT molecular complexity index is 825. The maximum atomic E-state index is 12.4. The van der Waals surface area contributed by atoms with Crippen molar-refractivity contribution in [3.63, 3.8) is 0 Å². The first-order chi connectivity index (χ1) is 11.3. The van der Waals surface area contributed by atoms with Gasteiger partial charge in [-0.1, -0.05) is 18.2 Å². The molecule has 0 saturated carbocycles. The average Bonchev–Trinajstić information content (AvgIpc) is 2.94. The zero-order valence-electron chi connectivity index (χ0n) is 12.9. The molecular formula is C16H17NO6S. The highest BCUT2D eigenvalue weighted by Crippen LogP contribution is 2.20. The highest BCUT2D eigenvalue weighted by atomic mass is 32.2. The van der Waals surface area contributed by atoms with Gasteiger partial charge in [-0.2, -0.15) is 0 Å². The van der Waals surface area contributed by atoms with Gasteiger partial charge in [0, 0.05) is 11.6 Å². The van der Waals surface area contributed by atoms with Crippen LogP contribution in [0.3, 0.4) is 0 Å². The van der Waals surface area contributed by atoms with Crippen molar-refractivity contribution in [3.05, 3.63) is 54.0 Å². The number of hydrogen-bond donors (Lipinski definition) is 2. The molecule has 0 spiro atoms. The van der Waals surface area contributed by atoms with E-state index in [4.69, 9.17) is 9.52 Å². The van der Waals surface area contributed by atoms with E-state index in [0.29, 0.717) is 0 Å². The molecular weight excluding hydrogens is 334 g/mol. The van der Waals surface area contributed by atoms with Crippen molar-refractivity contribution in [2.24, 2.45) is 0 Å². The summed E-state index contributed by atoms with van der Waals surface area (Å²) < 4.78 is 29.9. The van der Waals surface area contributed by atoms with Crippen LogP contribution in [0.1, 0.15) is 29.5 Å². The fourth-order valence-corrected chi connectivity index (χ4v) is 3.54. The Labute approximate surface area is 139 Å². The van der Waals surface area contributed by atoms with E-state index in [9.17, 15) is 18.0 Å². The van der Waals surface area contributed by atoms with Gasteiger partial charge in [-0.15, -0.1) is 0 Å². The number of hydrogen-bond acceptors (Lipinski definition) is 5. The lowest BCUT2D eigenvalue weighted by atomic mass is 10.2. The van der Waals surface area contributed by atoms with Gasteiger partial charge in [0.2, 0.25) is 0 Å². The molecule has 0 radical (unpaired) electrons. The summed E-state index contributed by atoms with van der Waals surface area (Å²) in [5.41, 5.74) is 0.221. The second-order valence-corrected chi connectivity index (χ2v) is 7.31. The Morgan fingerprint density at radius 2 is 1.88 bits per heavy atom. The van der Waals surface area contributed by atoms with E-state index >= 15 is 0 Å². The van der Waals surface area contributed by atoms with E-state index in [-0.39, 0.29) is 28.4 Å². The summed E-state index contributed by atoms with van der Waals surface area (Å²) in [6.07, 6.45) is 0.983. The summed E-state index contributed by atoms with van der Waals surface area (Å²) in [5.74, 6) is -2.21. The Morgan fingerprint density at radius 1 is 1.21 bits per heavy atom. The Morgan fingerprint density at radius 3 is 2.50 bits per heavy atom. The normalized spacial score (nSPS) is 12.5. The van der Waals surface area contributed by atoms with Crippen LogP contribution >= 0.6 is 0 Å². The third kappa shape index (κ3) is 4.45. The van der Waals surface area contributed by atoms with Gasteiger partial charge >= 0.3 is 5.97 Å². The van der Waals surface area contributed by atoms with Gasteiger partial charge in [-0.25, -0.2) is 8.42 Å². The minimum atomic E-state index is -3.62. The fraction of sp³-hybridized carbons (Fsp3) is 0.250. The van der Waals surface area contributed by atoms with Gasteiger partial charge < -0.3 is 14.8 Å². The second-order valence-electron chi connectivity index (χ2n) is 5.32. The molecule has 0 aliphatic carbocycles. The summed E-state index contributed by atoms with van der Waals surface area (Å²) in [6.45, 7) is 1.54. The molecule has 1 heterocycles. The molecule has 24 heavy (non-hydrogen) atoms. The van der Waals surface area contributed by atoms with Gasteiger partial charge in [-0.3, -0.25) is 9.59 Å². The zero-order chi connectivity index (χ0) is 17.7. The van der Waals surface area contributed by atoms with Crippen LogP contribution in [0.2, 0.25) is 0 Å². The largest absolute Gasteiger partial charge is 0.481 e. The number of furan rings is 1. The van der Waals surface area contributed by atoms with E-state index in [0.717, 1.165) is 0 Å². The number of carboxylic acid groups (broad SMARTS) is 1. The van der Waals surface area contributed by atoms with Crippen LogP contribution in [-0.2, 0) is 20.4 Å². The van der Waals surface area contributed by atoms with Crippen LogP contribution in [0.25, 0.3) is 0 Å². The minimum absolute atomic E-state index is 0.133. The van der Waals surface area contributed by atoms with E-state index in [1.807, 2.05) is 0 Å². The Balaban J connectivity index is 2.16. The number of carboxylic acids is 1. The van der Waals surface area contributed by atoms with Gasteiger partial charge in [0.05, 0.1) is 23.3 Å². The number of carbonyl (C=O) groups excluding carboxylic acids is 1. The molecule has 8 heteroatoms. The molecule has 7 nitrogen and oxygen atoms in total. The smallest absolute Gasteiger partial charge is 0.305 e. The summed E-state index contributed by atoms with van der Waals surface area (Å²) in [6, 6.07) is 8.69. The van der Waals surface area contributed by atoms with Crippen molar-refractivity contribution in [1.29, 1.82) is 0 Å². The van der Waals surface area contributed by atoms with Crippen LogP contribution in [0.4, 0.5) is 0 Å². The molecule has 1 unspecified atom stereocenters. The third-order valence-corrected chi connectivity index (χ3v) is 4.94. The first-order valence-electron chi connectivity index (χ1n) is 7.16. The molecule has 128 valence electrons. The molecule has 2 rings (SSSR count). The summed E-state index contributed by atoms with van der Waals surface area (Å²) in [7, 11) is -3.62. The molecule has 0 bridgehead atoms. The van der Waals surface area contributed by atoms with Crippen molar-refractivity contribution in [2.45, 2.75) is 30.0 Å². The zero-order valence-corrected chi connectivity index (χ0v) is 13.7. The SMILES string of the molecule is CC(CC(=O)O)NC(=O)c1occc1CS(=O)(=O)c1ccccc1. The number of rotatable bonds is 7. The lowest BCUT2D eigenvalue weighted by Crippen LogP contribution is -2.34. The predicted molar refractivity (Wildman–Crippen MR) is 85.2 cm³/mol. The molecule has 0 saturated heterocycles. The molecule has 1 atom stereocenters. The van der Waals surface area contributed by atoms with Gasteiger partial charge in [0.15, 0.2) is 15.6 Å². The number of benzene rings is 1. The molecule has 1 aromatic carbocycles. The maximum absolute atomic E-state index is 12.4. The van der Waals surface area contributed by atoms with Crippen molar-refractivity contribution in [2.75, 3.05) is 0 Å². The monoisotopic (exact) mass is 351 g/mol. The second kappa shape index (κ2) is 7.31. The van der Waals surface area contributed by atoms with Gasteiger partial charge in [0.25, 0.3) is 5.91 Å². The average molecular weight is 351 g/mol. The molecule has 0 fully saturated rings. The molecule has 2 N–H and O–H groups in total.